The topological polar surface area (TPSA) is 71.5 Å². The van der Waals surface area contributed by atoms with Crippen molar-refractivity contribution in [1.29, 1.82) is 0 Å². The Labute approximate surface area is 195 Å². The number of carbonyl (C=O) groups excluding carboxylic acids is 1. The van der Waals surface area contributed by atoms with Crippen LogP contribution in [-0.2, 0) is 0 Å². The van der Waals surface area contributed by atoms with Gasteiger partial charge in [-0.25, -0.2) is 9.97 Å². The van der Waals surface area contributed by atoms with Crippen LogP contribution < -0.4 is 9.64 Å². The third-order valence-electron chi connectivity index (χ3n) is 4.58. The van der Waals surface area contributed by atoms with Gasteiger partial charge in [-0.1, -0.05) is 35.1 Å². The van der Waals surface area contributed by atoms with Crippen molar-refractivity contribution < 1.29 is 9.53 Å². The second-order valence-electron chi connectivity index (χ2n) is 6.93. The van der Waals surface area contributed by atoms with E-state index in [1.807, 2.05) is 43.3 Å². The number of aromatic nitrogens is 3. The maximum atomic E-state index is 13.4. The van der Waals surface area contributed by atoms with Crippen LogP contribution in [0.3, 0.4) is 0 Å². The van der Waals surface area contributed by atoms with Crippen LogP contribution in [0.25, 0.3) is 21.3 Å². The second-order valence-corrected chi connectivity index (χ2v) is 8.31. The molecule has 0 aliphatic rings. The third kappa shape index (κ3) is 4.72. The van der Waals surface area contributed by atoms with Gasteiger partial charge in [0.1, 0.15) is 17.0 Å². The average molecular weight is 478 g/mol. The van der Waals surface area contributed by atoms with Crippen molar-refractivity contribution in [3.05, 3.63) is 53.3 Å². The SMILES string of the molecule is COc1ccc(Cl)c2sc(N(CCN(C)C)C(=O)c3cnc4ccccc4n3)nc12.Cl. The summed E-state index contributed by atoms with van der Waals surface area (Å²) in [6.45, 7) is 1.10. The van der Waals surface area contributed by atoms with Crippen LogP contribution in [0.1, 0.15) is 10.5 Å². The Morgan fingerprint density at radius 3 is 2.55 bits per heavy atom. The summed E-state index contributed by atoms with van der Waals surface area (Å²) >= 11 is 7.73. The standard InChI is InChI=1S/C21H20ClN5O2S.ClH/c1-26(2)10-11-27(20(28)16-12-23-14-6-4-5-7-15(14)24-16)21-25-18-17(29-3)9-8-13(22)19(18)30-21;/h4-9,12H,10-11H2,1-3H3;1H. The van der Waals surface area contributed by atoms with Crippen LogP contribution in [0.5, 0.6) is 5.75 Å². The first kappa shape index (κ1) is 23.1. The van der Waals surface area contributed by atoms with Crippen LogP contribution in [0, 0.1) is 0 Å². The Bertz CT molecular complexity index is 1230. The Kier molecular flexibility index (Phi) is 7.27. The van der Waals surface area contributed by atoms with Gasteiger partial charge in [0, 0.05) is 13.1 Å². The summed E-state index contributed by atoms with van der Waals surface area (Å²) in [5, 5.41) is 1.11. The molecule has 2 heterocycles. The summed E-state index contributed by atoms with van der Waals surface area (Å²) in [5.74, 6) is 0.353. The van der Waals surface area contributed by atoms with E-state index >= 15 is 0 Å². The van der Waals surface area contributed by atoms with Crippen LogP contribution in [0.15, 0.2) is 42.6 Å². The molecule has 7 nitrogen and oxygen atoms in total. The molecule has 10 heteroatoms. The minimum Gasteiger partial charge on any atom is -0.494 e. The quantitative estimate of drug-likeness (QED) is 0.406. The first-order valence-corrected chi connectivity index (χ1v) is 10.5. The molecular formula is C21H21Cl2N5O2S. The molecule has 2 aromatic heterocycles. The molecule has 0 atom stereocenters. The first-order valence-electron chi connectivity index (χ1n) is 9.29. The summed E-state index contributed by atoms with van der Waals surface area (Å²) in [5.41, 5.74) is 2.32. The first-order chi connectivity index (χ1) is 14.5. The summed E-state index contributed by atoms with van der Waals surface area (Å²) < 4.78 is 6.19. The van der Waals surface area contributed by atoms with Gasteiger partial charge in [-0.05, 0) is 38.4 Å². The number of hydrogen-bond acceptors (Lipinski definition) is 7. The third-order valence-corrected chi connectivity index (χ3v) is 6.12. The predicted molar refractivity (Wildman–Crippen MR) is 128 cm³/mol. The molecule has 1 amide bonds. The van der Waals surface area contributed by atoms with E-state index in [-0.39, 0.29) is 24.0 Å². The van der Waals surface area contributed by atoms with Crippen LogP contribution in [0.4, 0.5) is 5.13 Å². The lowest BCUT2D eigenvalue weighted by Gasteiger charge is -2.21. The zero-order chi connectivity index (χ0) is 21.3. The second kappa shape index (κ2) is 9.74. The number of thiazole rings is 1. The fourth-order valence-corrected chi connectivity index (χ4v) is 4.28. The lowest BCUT2D eigenvalue weighted by Crippen LogP contribution is -2.37. The van der Waals surface area contributed by atoms with Gasteiger partial charge < -0.3 is 9.64 Å². The highest BCUT2D eigenvalue weighted by molar-refractivity contribution is 7.23. The number of ether oxygens (including phenoxy) is 1. The molecule has 0 saturated carbocycles. The molecule has 0 aliphatic heterocycles. The smallest absolute Gasteiger partial charge is 0.280 e. The number of methoxy groups -OCH3 is 1. The lowest BCUT2D eigenvalue weighted by atomic mass is 10.3. The van der Waals surface area contributed by atoms with E-state index in [0.717, 1.165) is 10.2 Å². The molecule has 0 saturated heterocycles. The van der Waals surface area contributed by atoms with Crippen molar-refractivity contribution in [2.45, 2.75) is 0 Å². The molecule has 0 spiro atoms. The Morgan fingerprint density at radius 2 is 1.84 bits per heavy atom. The molecule has 2 aromatic carbocycles. The normalized spacial score (nSPS) is 11.0. The fraction of sp³-hybridized carbons (Fsp3) is 0.238. The van der Waals surface area contributed by atoms with E-state index in [9.17, 15) is 4.79 Å². The highest BCUT2D eigenvalue weighted by Gasteiger charge is 2.24. The zero-order valence-electron chi connectivity index (χ0n) is 17.2. The average Bonchev–Trinajstić information content (AvgIpc) is 3.19. The zero-order valence-corrected chi connectivity index (χ0v) is 19.6. The summed E-state index contributed by atoms with van der Waals surface area (Å²) in [7, 11) is 5.49. The largest absolute Gasteiger partial charge is 0.494 e. The van der Waals surface area contributed by atoms with Gasteiger partial charge in [0.25, 0.3) is 5.91 Å². The van der Waals surface area contributed by atoms with Gasteiger partial charge in [0.2, 0.25) is 0 Å². The number of anilines is 1. The predicted octanol–water partition coefficient (Wildman–Crippen LogP) is 4.53. The molecular weight excluding hydrogens is 457 g/mol. The van der Waals surface area contributed by atoms with Crippen molar-refractivity contribution >= 4 is 67.6 Å². The van der Waals surface area contributed by atoms with E-state index in [2.05, 4.69) is 15.0 Å². The highest BCUT2D eigenvalue weighted by Crippen LogP contribution is 2.39. The molecule has 4 aromatic rings. The van der Waals surface area contributed by atoms with Gasteiger partial charge in [0.05, 0.1) is 34.1 Å². The maximum absolute atomic E-state index is 13.4. The van der Waals surface area contributed by atoms with Gasteiger partial charge in [-0.3, -0.25) is 14.7 Å². The lowest BCUT2D eigenvalue weighted by molar-refractivity contribution is 0.0980. The Morgan fingerprint density at radius 1 is 1.10 bits per heavy atom. The molecule has 0 N–H and O–H groups in total. The molecule has 0 fully saturated rings. The monoisotopic (exact) mass is 477 g/mol. The van der Waals surface area contributed by atoms with Gasteiger partial charge in [0.15, 0.2) is 5.13 Å². The number of halogens is 2. The number of carbonyl (C=O) groups is 1. The number of nitrogens with zero attached hydrogens (tertiary/aromatic N) is 5. The number of benzene rings is 2. The minimum atomic E-state index is -0.260. The molecule has 0 radical (unpaired) electrons. The van der Waals surface area contributed by atoms with Gasteiger partial charge in [-0.2, -0.15) is 0 Å². The molecule has 162 valence electrons. The van der Waals surface area contributed by atoms with Gasteiger partial charge in [-0.15, -0.1) is 12.4 Å². The fourth-order valence-electron chi connectivity index (χ4n) is 3.00. The minimum absolute atomic E-state index is 0. The summed E-state index contributed by atoms with van der Waals surface area (Å²) in [6.07, 6.45) is 1.51. The molecule has 0 unspecified atom stereocenters. The Balaban J connectivity index is 0.00000272. The summed E-state index contributed by atoms with van der Waals surface area (Å²) in [4.78, 5) is 30.6. The van der Waals surface area contributed by atoms with E-state index in [1.165, 1.54) is 17.5 Å². The number of rotatable bonds is 6. The number of likely N-dealkylation sites (N-methyl/N-ethyl adjacent to an activating group) is 1. The van der Waals surface area contributed by atoms with E-state index < -0.39 is 0 Å². The number of fused-ring (bicyclic) bond motifs is 2. The van der Waals surface area contributed by atoms with Crippen LogP contribution >= 0.6 is 35.3 Å². The van der Waals surface area contributed by atoms with E-state index in [4.69, 9.17) is 16.3 Å². The number of para-hydroxylation sites is 2. The van der Waals surface area contributed by atoms with Gasteiger partial charge >= 0.3 is 0 Å². The summed E-state index contributed by atoms with van der Waals surface area (Å²) in [6, 6.07) is 11.0. The van der Waals surface area contributed by atoms with E-state index in [0.29, 0.717) is 40.0 Å². The number of hydrogen-bond donors (Lipinski definition) is 0. The van der Waals surface area contributed by atoms with Crippen LogP contribution in [0.2, 0.25) is 5.02 Å². The van der Waals surface area contributed by atoms with Crippen molar-refractivity contribution in [2.75, 3.05) is 39.2 Å². The van der Waals surface area contributed by atoms with Crippen molar-refractivity contribution in [3.8, 4) is 5.75 Å². The maximum Gasteiger partial charge on any atom is 0.280 e. The Hall–Kier alpha value is -2.52. The number of amides is 1. The molecule has 4 rings (SSSR count). The van der Waals surface area contributed by atoms with Crippen molar-refractivity contribution in [3.63, 3.8) is 0 Å². The molecule has 31 heavy (non-hydrogen) atoms. The highest BCUT2D eigenvalue weighted by atomic mass is 35.5. The van der Waals surface area contributed by atoms with Crippen molar-refractivity contribution in [2.24, 2.45) is 0 Å². The molecule has 0 aliphatic carbocycles. The van der Waals surface area contributed by atoms with Crippen molar-refractivity contribution in [1.82, 2.24) is 19.9 Å². The van der Waals surface area contributed by atoms with E-state index in [1.54, 1.807) is 24.1 Å². The molecule has 0 bridgehead atoms. The van der Waals surface area contributed by atoms with Crippen LogP contribution in [-0.4, -0.2) is 60.1 Å².